The molecule has 0 aromatic carbocycles. The summed E-state index contributed by atoms with van der Waals surface area (Å²) in [6.07, 6.45) is 0. The van der Waals surface area contributed by atoms with Crippen LogP contribution >= 0.6 is 11.3 Å². The number of carbonyl (C=O) groups is 1. The van der Waals surface area contributed by atoms with E-state index < -0.39 is 21.1 Å². The van der Waals surface area contributed by atoms with Crippen molar-refractivity contribution in [1.82, 2.24) is 0 Å². The van der Waals surface area contributed by atoms with Crippen molar-refractivity contribution in [2.24, 2.45) is 0 Å². The van der Waals surface area contributed by atoms with Gasteiger partial charge in [0, 0.05) is 5.38 Å². The molecule has 1 aromatic rings. The fourth-order valence-corrected chi connectivity index (χ4v) is 4.05. The molecule has 5 nitrogen and oxygen atoms in total. The Labute approximate surface area is 104 Å². The van der Waals surface area contributed by atoms with Crippen molar-refractivity contribution in [3.63, 3.8) is 0 Å². The van der Waals surface area contributed by atoms with Crippen LogP contribution in [0.5, 0.6) is 5.75 Å². The molecule has 0 aliphatic rings. The van der Waals surface area contributed by atoms with Crippen LogP contribution in [0, 0.1) is 0 Å². The smallest absolute Gasteiger partial charge is 0.342 e. The fraction of sp³-hybridized carbons (Fsp3) is 0.500. The summed E-state index contributed by atoms with van der Waals surface area (Å²) < 4.78 is 33.7. The first-order valence-corrected chi connectivity index (χ1v) is 7.26. The summed E-state index contributed by atoms with van der Waals surface area (Å²) in [5, 5.41) is 0.862. The Morgan fingerprint density at radius 1 is 1.35 bits per heavy atom. The minimum absolute atomic E-state index is 0.0652. The maximum absolute atomic E-state index is 12.0. The van der Waals surface area contributed by atoms with Crippen LogP contribution in [0.25, 0.3) is 0 Å². The van der Waals surface area contributed by atoms with Gasteiger partial charge in [0.25, 0.3) is 0 Å². The van der Waals surface area contributed by atoms with E-state index >= 15 is 0 Å². The van der Waals surface area contributed by atoms with Crippen LogP contribution in [0.15, 0.2) is 9.59 Å². The second kappa shape index (κ2) is 5.05. The lowest BCUT2D eigenvalue weighted by atomic mass is 10.3. The van der Waals surface area contributed by atoms with Gasteiger partial charge in [0.05, 0.1) is 19.5 Å². The number of hydrogen-bond donors (Lipinski definition) is 0. The third kappa shape index (κ3) is 2.44. The summed E-state index contributed by atoms with van der Waals surface area (Å²) in [7, 11) is -0.895. The summed E-state index contributed by atoms with van der Waals surface area (Å²) in [5.41, 5.74) is 0.138. The van der Waals surface area contributed by atoms with Crippen LogP contribution in [0.4, 0.5) is 0 Å². The summed E-state index contributed by atoms with van der Waals surface area (Å²) in [5.74, 6) is -0.543. The van der Waals surface area contributed by atoms with Gasteiger partial charge in [-0.3, -0.25) is 0 Å². The molecule has 0 radical (unpaired) electrons. The molecule has 0 bridgehead atoms. The van der Waals surface area contributed by atoms with Gasteiger partial charge in [-0.2, -0.15) is 0 Å². The van der Waals surface area contributed by atoms with Crippen molar-refractivity contribution in [3.05, 3.63) is 10.9 Å². The molecule has 0 saturated carbocycles. The zero-order valence-electron chi connectivity index (χ0n) is 10.0. The molecule has 0 aliphatic carbocycles. The van der Waals surface area contributed by atoms with Gasteiger partial charge in [-0.25, -0.2) is 13.2 Å². The highest BCUT2D eigenvalue weighted by atomic mass is 32.2. The van der Waals surface area contributed by atoms with E-state index in [9.17, 15) is 13.2 Å². The predicted octanol–water partition coefficient (Wildman–Crippen LogP) is 1.73. The molecule has 0 N–H and O–H groups in total. The number of rotatable bonds is 4. The van der Waals surface area contributed by atoms with E-state index in [4.69, 9.17) is 4.74 Å². The monoisotopic (exact) mass is 278 g/mol. The van der Waals surface area contributed by atoms with E-state index in [1.54, 1.807) is 13.8 Å². The third-order valence-corrected chi connectivity index (χ3v) is 5.88. The van der Waals surface area contributed by atoms with Gasteiger partial charge < -0.3 is 9.47 Å². The minimum atomic E-state index is -3.45. The number of carbonyl (C=O) groups excluding carboxylic acids is 1. The lowest BCUT2D eigenvalue weighted by Crippen LogP contribution is -2.14. The number of esters is 1. The molecule has 0 aliphatic heterocycles. The topological polar surface area (TPSA) is 69.7 Å². The van der Waals surface area contributed by atoms with E-state index in [-0.39, 0.29) is 15.5 Å². The molecule has 0 spiro atoms. The first kappa shape index (κ1) is 14.0. The molecule has 0 unspecified atom stereocenters. The molecule has 0 saturated heterocycles. The van der Waals surface area contributed by atoms with Gasteiger partial charge in [0.1, 0.15) is 5.56 Å². The molecule has 0 atom stereocenters. The Balaban J connectivity index is 3.39. The summed E-state index contributed by atoms with van der Waals surface area (Å²) in [6, 6.07) is 0. The average Bonchev–Trinajstić information content (AvgIpc) is 2.71. The largest absolute Gasteiger partial charge is 0.494 e. The van der Waals surface area contributed by atoms with Gasteiger partial charge in [-0.05, 0) is 13.8 Å². The lowest BCUT2D eigenvalue weighted by Gasteiger charge is -2.08. The van der Waals surface area contributed by atoms with Gasteiger partial charge in [0.2, 0.25) is 0 Å². The molecule has 0 amide bonds. The Hall–Kier alpha value is -1.08. The molecule has 7 heteroatoms. The number of sulfone groups is 1. The normalized spacial score (nSPS) is 11.6. The Bertz CT molecular complexity index is 513. The van der Waals surface area contributed by atoms with Crippen LogP contribution in [0.2, 0.25) is 0 Å². The first-order valence-electron chi connectivity index (χ1n) is 4.84. The summed E-state index contributed by atoms with van der Waals surface area (Å²) >= 11 is 0.966. The van der Waals surface area contributed by atoms with Gasteiger partial charge >= 0.3 is 5.97 Å². The van der Waals surface area contributed by atoms with Crippen LogP contribution < -0.4 is 4.74 Å². The summed E-state index contributed by atoms with van der Waals surface area (Å²) in [6.45, 7) is 3.15. The van der Waals surface area contributed by atoms with Crippen LogP contribution in [0.1, 0.15) is 24.2 Å². The Morgan fingerprint density at radius 2 is 1.94 bits per heavy atom. The predicted molar refractivity (Wildman–Crippen MR) is 64.5 cm³/mol. The quantitative estimate of drug-likeness (QED) is 0.784. The zero-order chi connectivity index (χ0) is 13.2. The van der Waals surface area contributed by atoms with Crippen molar-refractivity contribution < 1.29 is 22.7 Å². The Morgan fingerprint density at radius 3 is 2.35 bits per heavy atom. The van der Waals surface area contributed by atoms with Gasteiger partial charge in [0.15, 0.2) is 19.8 Å². The fourth-order valence-electron chi connectivity index (χ4n) is 1.18. The number of thiophene rings is 1. The van der Waals surface area contributed by atoms with Crippen molar-refractivity contribution in [1.29, 1.82) is 0 Å². The molecule has 1 heterocycles. The molecule has 96 valence electrons. The first-order chi connectivity index (χ1) is 7.86. The van der Waals surface area contributed by atoms with Crippen molar-refractivity contribution in [2.75, 3.05) is 14.2 Å². The number of methoxy groups -OCH3 is 2. The maximum atomic E-state index is 12.0. The second-order valence-electron chi connectivity index (χ2n) is 3.56. The highest BCUT2D eigenvalue weighted by Crippen LogP contribution is 2.36. The highest BCUT2D eigenvalue weighted by Gasteiger charge is 2.29. The average molecular weight is 278 g/mol. The molecular weight excluding hydrogens is 264 g/mol. The van der Waals surface area contributed by atoms with Gasteiger partial charge in [-0.15, -0.1) is 11.3 Å². The molecule has 1 aromatic heterocycles. The molecular formula is C10H14O5S2. The molecule has 1 rings (SSSR count). The van der Waals surface area contributed by atoms with Crippen molar-refractivity contribution in [3.8, 4) is 5.75 Å². The second-order valence-corrected chi connectivity index (χ2v) is 7.13. The Kier molecular flexibility index (Phi) is 4.16. The van der Waals surface area contributed by atoms with E-state index in [0.717, 1.165) is 11.3 Å². The summed E-state index contributed by atoms with van der Waals surface area (Å²) in [4.78, 5) is 11.4. The van der Waals surface area contributed by atoms with Crippen LogP contribution in [0.3, 0.4) is 0 Å². The number of hydrogen-bond acceptors (Lipinski definition) is 6. The van der Waals surface area contributed by atoms with E-state index in [1.807, 2.05) is 0 Å². The molecule has 17 heavy (non-hydrogen) atoms. The number of ether oxygens (including phenoxy) is 2. The van der Waals surface area contributed by atoms with Crippen molar-refractivity contribution >= 4 is 27.1 Å². The molecule has 0 fully saturated rings. The maximum Gasteiger partial charge on any atom is 0.342 e. The standard InChI is InChI=1S/C10H14O5S2/c1-6(2)17(12,13)10-8(14-3)7(5-16-10)9(11)15-4/h5-6H,1-4H3. The van der Waals surface area contributed by atoms with E-state index in [0.29, 0.717) is 0 Å². The van der Waals surface area contributed by atoms with E-state index in [2.05, 4.69) is 4.74 Å². The van der Waals surface area contributed by atoms with Crippen molar-refractivity contribution in [2.45, 2.75) is 23.3 Å². The third-order valence-electron chi connectivity index (χ3n) is 2.20. The zero-order valence-corrected chi connectivity index (χ0v) is 11.6. The van der Waals surface area contributed by atoms with Gasteiger partial charge in [-0.1, -0.05) is 0 Å². The SMILES string of the molecule is COC(=O)c1csc(S(=O)(=O)C(C)C)c1OC. The van der Waals surface area contributed by atoms with Crippen LogP contribution in [-0.2, 0) is 14.6 Å². The minimum Gasteiger partial charge on any atom is -0.494 e. The highest BCUT2D eigenvalue weighted by molar-refractivity contribution is 7.94. The lowest BCUT2D eigenvalue weighted by molar-refractivity contribution is 0.0597. The van der Waals surface area contributed by atoms with E-state index in [1.165, 1.54) is 19.6 Å². The van der Waals surface area contributed by atoms with Crippen LogP contribution in [-0.4, -0.2) is 33.9 Å².